The Labute approximate surface area is 108 Å². The lowest BCUT2D eigenvalue weighted by atomic mass is 9.85. The molecule has 0 aliphatic heterocycles. The molecule has 0 aromatic heterocycles. The first-order valence-electron chi connectivity index (χ1n) is 6.84. The zero-order chi connectivity index (χ0) is 13.4. The number of carboxylic acid groups (broad SMARTS) is 1. The molecule has 1 fully saturated rings. The minimum Gasteiger partial charge on any atom is -0.481 e. The van der Waals surface area contributed by atoms with Crippen molar-refractivity contribution in [1.29, 1.82) is 0 Å². The molecule has 5 heteroatoms. The molecule has 0 aromatic rings. The number of nitrogens with one attached hydrogen (secondary N) is 1. The summed E-state index contributed by atoms with van der Waals surface area (Å²) in [5, 5.41) is 11.4. The first kappa shape index (κ1) is 15.0. The Kier molecular flexibility index (Phi) is 6.72. The average Bonchev–Trinajstić information content (AvgIpc) is 2.33. The maximum Gasteiger partial charge on any atom is 0.303 e. The average molecular weight is 256 g/mol. The number of carbonyl (C=O) groups is 2. The Morgan fingerprint density at radius 2 is 2.00 bits per heavy atom. The summed E-state index contributed by atoms with van der Waals surface area (Å²) in [6.45, 7) is 0.643. The van der Waals surface area contributed by atoms with Crippen LogP contribution in [0.5, 0.6) is 0 Å². The van der Waals surface area contributed by atoms with E-state index in [1.165, 1.54) is 0 Å². The topological polar surface area (TPSA) is 92.4 Å². The van der Waals surface area contributed by atoms with Gasteiger partial charge in [0.25, 0.3) is 0 Å². The lowest BCUT2D eigenvalue weighted by molar-refractivity contribution is -0.137. The highest BCUT2D eigenvalue weighted by molar-refractivity contribution is 5.78. The third-order valence-corrected chi connectivity index (χ3v) is 3.45. The molecule has 0 saturated heterocycles. The van der Waals surface area contributed by atoms with Crippen molar-refractivity contribution < 1.29 is 14.7 Å². The summed E-state index contributed by atoms with van der Waals surface area (Å²) >= 11 is 0. The summed E-state index contributed by atoms with van der Waals surface area (Å²) in [7, 11) is 0. The van der Waals surface area contributed by atoms with Gasteiger partial charge in [-0.25, -0.2) is 0 Å². The molecule has 0 radical (unpaired) electrons. The van der Waals surface area contributed by atoms with Crippen molar-refractivity contribution in [3.8, 4) is 0 Å². The van der Waals surface area contributed by atoms with Crippen LogP contribution in [0.4, 0.5) is 0 Å². The van der Waals surface area contributed by atoms with E-state index >= 15 is 0 Å². The fourth-order valence-corrected chi connectivity index (χ4v) is 2.40. The molecule has 1 rings (SSSR count). The van der Waals surface area contributed by atoms with Crippen molar-refractivity contribution in [2.24, 2.45) is 11.7 Å². The van der Waals surface area contributed by atoms with E-state index in [9.17, 15) is 9.59 Å². The minimum atomic E-state index is -0.754. The lowest BCUT2D eigenvalue weighted by Crippen LogP contribution is -2.38. The van der Waals surface area contributed by atoms with Crippen LogP contribution in [0, 0.1) is 5.92 Å². The molecule has 1 aliphatic rings. The van der Waals surface area contributed by atoms with Crippen LogP contribution in [0.2, 0.25) is 0 Å². The molecule has 104 valence electrons. The quantitative estimate of drug-likeness (QED) is 0.598. The van der Waals surface area contributed by atoms with Gasteiger partial charge in [-0.15, -0.1) is 0 Å². The van der Waals surface area contributed by atoms with E-state index in [2.05, 4.69) is 5.32 Å². The van der Waals surface area contributed by atoms with E-state index in [0.29, 0.717) is 13.0 Å². The maximum atomic E-state index is 11.8. The van der Waals surface area contributed by atoms with Gasteiger partial charge in [0.15, 0.2) is 0 Å². The summed E-state index contributed by atoms with van der Waals surface area (Å²) in [5.74, 6) is -0.564. The second-order valence-electron chi connectivity index (χ2n) is 5.12. The zero-order valence-electron chi connectivity index (χ0n) is 10.9. The smallest absolute Gasteiger partial charge is 0.303 e. The molecule has 1 amide bonds. The Bertz CT molecular complexity index is 281. The summed E-state index contributed by atoms with van der Waals surface area (Å²) in [6, 6.07) is 0.171. The van der Waals surface area contributed by atoms with Crippen LogP contribution < -0.4 is 11.1 Å². The summed E-state index contributed by atoms with van der Waals surface area (Å²) in [4.78, 5) is 22.1. The van der Waals surface area contributed by atoms with E-state index in [0.717, 1.165) is 38.5 Å². The van der Waals surface area contributed by atoms with Gasteiger partial charge in [0.2, 0.25) is 5.91 Å². The SMILES string of the molecule is NC1CCCC(C(=O)NCCCCCC(=O)O)C1. The molecule has 2 unspecified atom stereocenters. The molecule has 4 N–H and O–H groups in total. The summed E-state index contributed by atoms with van der Waals surface area (Å²) in [5.41, 5.74) is 5.85. The van der Waals surface area contributed by atoms with Gasteiger partial charge in [0, 0.05) is 24.9 Å². The molecular weight excluding hydrogens is 232 g/mol. The lowest BCUT2D eigenvalue weighted by Gasteiger charge is -2.25. The molecular formula is C13H24N2O3. The Morgan fingerprint density at radius 1 is 1.22 bits per heavy atom. The van der Waals surface area contributed by atoms with Gasteiger partial charge in [0.05, 0.1) is 0 Å². The standard InChI is InChI=1S/C13H24N2O3/c14-11-6-4-5-10(9-11)13(18)15-8-3-1-2-7-12(16)17/h10-11H,1-9,14H2,(H,15,18)(H,16,17). The number of unbranched alkanes of at least 4 members (excludes halogenated alkanes) is 2. The largest absolute Gasteiger partial charge is 0.481 e. The van der Waals surface area contributed by atoms with Crippen LogP contribution in [-0.2, 0) is 9.59 Å². The van der Waals surface area contributed by atoms with Crippen LogP contribution in [0.1, 0.15) is 51.4 Å². The summed E-state index contributed by atoms with van der Waals surface area (Å²) < 4.78 is 0. The van der Waals surface area contributed by atoms with Gasteiger partial charge in [0.1, 0.15) is 0 Å². The molecule has 0 heterocycles. The number of amides is 1. The van der Waals surface area contributed by atoms with E-state index in [1.807, 2.05) is 0 Å². The molecule has 1 aliphatic carbocycles. The van der Waals surface area contributed by atoms with E-state index in [1.54, 1.807) is 0 Å². The van der Waals surface area contributed by atoms with Gasteiger partial charge in [-0.1, -0.05) is 12.8 Å². The zero-order valence-corrected chi connectivity index (χ0v) is 10.9. The van der Waals surface area contributed by atoms with Crippen molar-refractivity contribution in [3.05, 3.63) is 0 Å². The van der Waals surface area contributed by atoms with Crippen LogP contribution >= 0.6 is 0 Å². The first-order valence-corrected chi connectivity index (χ1v) is 6.84. The van der Waals surface area contributed by atoms with Crippen LogP contribution in [0.25, 0.3) is 0 Å². The molecule has 2 atom stereocenters. The van der Waals surface area contributed by atoms with Crippen molar-refractivity contribution in [2.75, 3.05) is 6.54 Å². The van der Waals surface area contributed by atoms with Crippen LogP contribution in [0.15, 0.2) is 0 Å². The van der Waals surface area contributed by atoms with E-state index in [-0.39, 0.29) is 24.3 Å². The third-order valence-electron chi connectivity index (χ3n) is 3.45. The number of hydrogen-bond acceptors (Lipinski definition) is 3. The maximum absolute atomic E-state index is 11.8. The van der Waals surface area contributed by atoms with E-state index in [4.69, 9.17) is 10.8 Å². The van der Waals surface area contributed by atoms with Crippen molar-refractivity contribution in [2.45, 2.75) is 57.4 Å². The molecule has 5 nitrogen and oxygen atoms in total. The number of nitrogens with two attached hydrogens (primary N) is 1. The fraction of sp³-hybridized carbons (Fsp3) is 0.846. The first-order chi connectivity index (χ1) is 8.59. The van der Waals surface area contributed by atoms with Crippen LogP contribution in [0.3, 0.4) is 0 Å². The molecule has 0 bridgehead atoms. The Morgan fingerprint density at radius 3 is 2.67 bits per heavy atom. The van der Waals surface area contributed by atoms with E-state index < -0.39 is 5.97 Å². The predicted molar refractivity (Wildman–Crippen MR) is 69.0 cm³/mol. The van der Waals surface area contributed by atoms with Gasteiger partial charge in [-0.05, 0) is 32.1 Å². The van der Waals surface area contributed by atoms with Gasteiger partial charge < -0.3 is 16.2 Å². The number of rotatable bonds is 7. The third kappa shape index (κ3) is 6.00. The van der Waals surface area contributed by atoms with Gasteiger partial charge in [-0.3, -0.25) is 9.59 Å². The van der Waals surface area contributed by atoms with Gasteiger partial charge in [-0.2, -0.15) is 0 Å². The second kappa shape index (κ2) is 8.08. The number of carboxylic acids is 1. The van der Waals surface area contributed by atoms with Crippen molar-refractivity contribution in [1.82, 2.24) is 5.32 Å². The predicted octanol–water partition coefficient (Wildman–Crippen LogP) is 1.27. The highest BCUT2D eigenvalue weighted by Crippen LogP contribution is 2.23. The molecule has 0 spiro atoms. The summed E-state index contributed by atoms with van der Waals surface area (Å²) in [6.07, 6.45) is 6.39. The fourth-order valence-electron chi connectivity index (χ4n) is 2.40. The minimum absolute atomic E-state index is 0.0766. The monoisotopic (exact) mass is 256 g/mol. The normalized spacial score (nSPS) is 23.6. The van der Waals surface area contributed by atoms with Crippen LogP contribution in [-0.4, -0.2) is 29.6 Å². The second-order valence-corrected chi connectivity index (χ2v) is 5.12. The molecule has 0 aromatic carbocycles. The van der Waals surface area contributed by atoms with Gasteiger partial charge >= 0.3 is 5.97 Å². The Hall–Kier alpha value is -1.10. The highest BCUT2D eigenvalue weighted by Gasteiger charge is 2.24. The molecule has 1 saturated carbocycles. The number of hydrogen-bond donors (Lipinski definition) is 3. The number of carbonyl (C=O) groups excluding carboxylic acids is 1. The number of aliphatic carboxylic acids is 1. The molecule has 18 heavy (non-hydrogen) atoms. The highest BCUT2D eigenvalue weighted by atomic mass is 16.4. The van der Waals surface area contributed by atoms with Crippen molar-refractivity contribution >= 4 is 11.9 Å². The van der Waals surface area contributed by atoms with Crippen molar-refractivity contribution in [3.63, 3.8) is 0 Å². The Balaban J connectivity index is 2.04.